The zero-order chi connectivity index (χ0) is 13.2. The summed E-state index contributed by atoms with van der Waals surface area (Å²) < 4.78 is 0.164. The monoisotopic (exact) mass is 304 g/mol. The molecule has 0 bridgehead atoms. The van der Waals surface area contributed by atoms with E-state index in [9.17, 15) is 0 Å². The molecule has 5 heteroatoms. The molecular weight excluding hydrogens is 287 g/mol. The SMILES string of the molecule is CC1(C(Cc2c(Cl)cccc2Cl)NN)CCCS1. The molecule has 1 aliphatic rings. The molecule has 3 N–H and O–H groups in total. The molecule has 0 spiro atoms. The Kier molecular flexibility index (Phi) is 4.84. The first kappa shape index (κ1) is 14.5. The Bertz CT molecular complexity index is 399. The molecule has 1 aromatic carbocycles. The minimum Gasteiger partial charge on any atom is -0.271 e. The van der Waals surface area contributed by atoms with Gasteiger partial charge in [0, 0.05) is 20.8 Å². The quantitative estimate of drug-likeness (QED) is 0.658. The van der Waals surface area contributed by atoms with Gasteiger partial charge in [-0.1, -0.05) is 29.3 Å². The van der Waals surface area contributed by atoms with Gasteiger partial charge in [-0.2, -0.15) is 11.8 Å². The molecule has 2 rings (SSSR count). The van der Waals surface area contributed by atoms with E-state index in [0.29, 0.717) is 10.0 Å². The Morgan fingerprint density at radius 1 is 1.44 bits per heavy atom. The molecule has 2 unspecified atom stereocenters. The van der Waals surface area contributed by atoms with E-state index in [4.69, 9.17) is 29.0 Å². The molecule has 0 radical (unpaired) electrons. The Hall–Kier alpha value is 0.0700. The van der Waals surface area contributed by atoms with Crippen molar-refractivity contribution in [2.24, 2.45) is 5.84 Å². The summed E-state index contributed by atoms with van der Waals surface area (Å²) in [6.07, 6.45) is 3.18. The Morgan fingerprint density at radius 2 is 2.11 bits per heavy atom. The van der Waals surface area contributed by atoms with Gasteiger partial charge in [0.15, 0.2) is 0 Å². The number of benzene rings is 1. The van der Waals surface area contributed by atoms with E-state index in [0.717, 1.165) is 12.0 Å². The summed E-state index contributed by atoms with van der Waals surface area (Å²) in [6, 6.07) is 5.80. The normalized spacial score (nSPS) is 25.3. The van der Waals surface area contributed by atoms with E-state index in [-0.39, 0.29) is 10.8 Å². The van der Waals surface area contributed by atoms with Crippen molar-refractivity contribution >= 4 is 35.0 Å². The van der Waals surface area contributed by atoms with Gasteiger partial charge in [0.05, 0.1) is 0 Å². The van der Waals surface area contributed by atoms with Gasteiger partial charge in [0.25, 0.3) is 0 Å². The number of halogens is 2. The summed E-state index contributed by atoms with van der Waals surface area (Å²) in [5.41, 5.74) is 3.93. The van der Waals surface area contributed by atoms with Gasteiger partial charge in [0.1, 0.15) is 0 Å². The van der Waals surface area contributed by atoms with Crippen LogP contribution in [0.3, 0.4) is 0 Å². The Balaban J connectivity index is 2.20. The van der Waals surface area contributed by atoms with Gasteiger partial charge in [-0.15, -0.1) is 0 Å². The van der Waals surface area contributed by atoms with Crippen molar-refractivity contribution in [2.75, 3.05) is 5.75 Å². The average molecular weight is 305 g/mol. The van der Waals surface area contributed by atoms with Gasteiger partial charge < -0.3 is 0 Å². The Labute approximate surface area is 123 Å². The molecular formula is C13H18Cl2N2S. The van der Waals surface area contributed by atoms with Crippen LogP contribution < -0.4 is 11.3 Å². The zero-order valence-corrected chi connectivity index (χ0v) is 12.7. The second kappa shape index (κ2) is 6.02. The van der Waals surface area contributed by atoms with E-state index in [1.54, 1.807) is 0 Å². The van der Waals surface area contributed by atoms with Gasteiger partial charge in [-0.05, 0) is 49.6 Å². The third-order valence-corrected chi connectivity index (χ3v) is 6.01. The van der Waals surface area contributed by atoms with Crippen molar-refractivity contribution < 1.29 is 0 Å². The van der Waals surface area contributed by atoms with Gasteiger partial charge in [0.2, 0.25) is 0 Å². The number of nitrogens with one attached hydrogen (secondary N) is 1. The maximum absolute atomic E-state index is 6.22. The summed E-state index contributed by atoms with van der Waals surface area (Å²) in [5, 5.41) is 1.43. The van der Waals surface area contributed by atoms with Crippen LogP contribution in [-0.4, -0.2) is 16.5 Å². The van der Waals surface area contributed by atoms with Crippen LogP contribution >= 0.6 is 35.0 Å². The molecule has 0 aliphatic carbocycles. The molecule has 1 heterocycles. The molecule has 2 nitrogen and oxygen atoms in total. The number of hydrogen-bond acceptors (Lipinski definition) is 3. The molecule has 1 aliphatic heterocycles. The highest BCUT2D eigenvalue weighted by Crippen LogP contribution is 2.42. The molecule has 18 heavy (non-hydrogen) atoms. The highest BCUT2D eigenvalue weighted by Gasteiger charge is 2.37. The largest absolute Gasteiger partial charge is 0.271 e. The van der Waals surface area contributed by atoms with E-state index in [2.05, 4.69) is 12.3 Å². The predicted octanol–water partition coefficient (Wildman–Crippen LogP) is 3.65. The summed E-state index contributed by atoms with van der Waals surface area (Å²) in [4.78, 5) is 0. The topological polar surface area (TPSA) is 38.0 Å². The lowest BCUT2D eigenvalue weighted by atomic mass is 9.91. The lowest BCUT2D eigenvalue weighted by molar-refractivity contribution is 0.405. The van der Waals surface area contributed by atoms with Crippen LogP contribution in [0.1, 0.15) is 25.3 Å². The van der Waals surface area contributed by atoms with Gasteiger partial charge in [-0.3, -0.25) is 11.3 Å². The second-order valence-corrected chi connectivity index (χ2v) is 7.33. The Morgan fingerprint density at radius 3 is 2.61 bits per heavy atom. The van der Waals surface area contributed by atoms with E-state index >= 15 is 0 Å². The first-order chi connectivity index (χ1) is 8.57. The number of rotatable bonds is 4. The van der Waals surface area contributed by atoms with Crippen LogP contribution in [0.4, 0.5) is 0 Å². The first-order valence-corrected chi connectivity index (χ1v) is 7.84. The summed E-state index contributed by atoms with van der Waals surface area (Å²) in [5.74, 6) is 6.94. The zero-order valence-electron chi connectivity index (χ0n) is 10.4. The number of nitrogens with two attached hydrogens (primary N) is 1. The fourth-order valence-corrected chi connectivity index (χ4v) is 4.41. The lowest BCUT2D eigenvalue weighted by Crippen LogP contribution is -2.50. The van der Waals surface area contributed by atoms with Crippen LogP contribution in [0, 0.1) is 0 Å². The van der Waals surface area contributed by atoms with Crippen molar-refractivity contribution in [3.63, 3.8) is 0 Å². The molecule has 0 saturated carbocycles. The van der Waals surface area contributed by atoms with Crippen molar-refractivity contribution in [3.8, 4) is 0 Å². The fraction of sp³-hybridized carbons (Fsp3) is 0.538. The minimum atomic E-state index is 0.164. The molecule has 1 fully saturated rings. The second-order valence-electron chi connectivity index (χ2n) is 4.89. The predicted molar refractivity (Wildman–Crippen MR) is 81.4 cm³/mol. The summed E-state index contributed by atoms with van der Waals surface area (Å²) in [7, 11) is 0. The summed E-state index contributed by atoms with van der Waals surface area (Å²) >= 11 is 14.4. The van der Waals surface area contributed by atoms with Crippen molar-refractivity contribution in [2.45, 2.75) is 37.0 Å². The minimum absolute atomic E-state index is 0.164. The van der Waals surface area contributed by atoms with Crippen LogP contribution in [0.2, 0.25) is 10.0 Å². The molecule has 2 atom stereocenters. The third-order valence-electron chi connectivity index (χ3n) is 3.66. The van der Waals surface area contributed by atoms with Crippen LogP contribution in [0.25, 0.3) is 0 Å². The molecule has 100 valence electrons. The van der Waals surface area contributed by atoms with Crippen LogP contribution in [0.15, 0.2) is 18.2 Å². The number of hydrazine groups is 1. The standard InChI is InChI=1S/C13H18Cl2N2S/c1-13(6-3-7-18-13)12(17-16)8-9-10(14)4-2-5-11(9)15/h2,4-5,12,17H,3,6-8,16H2,1H3. The van der Waals surface area contributed by atoms with Gasteiger partial charge >= 0.3 is 0 Å². The van der Waals surface area contributed by atoms with Gasteiger partial charge in [-0.25, -0.2) is 0 Å². The van der Waals surface area contributed by atoms with E-state index < -0.39 is 0 Å². The fourth-order valence-electron chi connectivity index (χ4n) is 2.46. The molecule has 1 aromatic rings. The van der Waals surface area contributed by atoms with Crippen molar-refractivity contribution in [3.05, 3.63) is 33.8 Å². The maximum atomic E-state index is 6.22. The van der Waals surface area contributed by atoms with Crippen molar-refractivity contribution in [1.29, 1.82) is 0 Å². The van der Waals surface area contributed by atoms with E-state index in [1.807, 2.05) is 30.0 Å². The molecule has 0 amide bonds. The van der Waals surface area contributed by atoms with Crippen molar-refractivity contribution in [1.82, 2.24) is 5.43 Å². The number of hydrogen-bond donors (Lipinski definition) is 2. The summed E-state index contributed by atoms with van der Waals surface area (Å²) in [6.45, 7) is 2.26. The lowest BCUT2D eigenvalue weighted by Gasteiger charge is -2.33. The third kappa shape index (κ3) is 2.97. The molecule has 0 aromatic heterocycles. The average Bonchev–Trinajstić information content (AvgIpc) is 2.77. The first-order valence-electron chi connectivity index (χ1n) is 6.10. The highest BCUT2D eigenvalue weighted by atomic mass is 35.5. The highest BCUT2D eigenvalue weighted by molar-refractivity contribution is 8.00. The van der Waals surface area contributed by atoms with Crippen LogP contribution in [0.5, 0.6) is 0 Å². The van der Waals surface area contributed by atoms with E-state index in [1.165, 1.54) is 18.6 Å². The molecule has 1 saturated heterocycles. The van der Waals surface area contributed by atoms with Crippen LogP contribution in [-0.2, 0) is 6.42 Å². The number of thioether (sulfide) groups is 1. The maximum Gasteiger partial charge on any atom is 0.0453 e. The smallest absolute Gasteiger partial charge is 0.0453 e.